The number of hydrogen-bond acceptors (Lipinski definition) is 2. The van der Waals surface area contributed by atoms with Gasteiger partial charge >= 0.3 is 0 Å². The zero-order valence-electron chi connectivity index (χ0n) is 10.6. The maximum atomic E-state index is 12.0. The molecule has 0 amide bonds. The summed E-state index contributed by atoms with van der Waals surface area (Å²) in [7, 11) is 0. The van der Waals surface area contributed by atoms with Gasteiger partial charge in [0.05, 0.1) is 0 Å². The van der Waals surface area contributed by atoms with Crippen LogP contribution in [-0.2, 0) is 0 Å². The van der Waals surface area contributed by atoms with Crippen LogP contribution >= 0.6 is 0 Å². The van der Waals surface area contributed by atoms with Gasteiger partial charge in [-0.25, -0.2) is 0 Å². The topological polar surface area (TPSA) is 20.3 Å². The Morgan fingerprint density at radius 2 is 2.06 bits per heavy atom. The molecular weight excluding hydrogens is 210 g/mol. The number of likely N-dealkylation sites (tertiary alicyclic amines) is 1. The molecule has 0 aromatic heterocycles. The SMILES string of the molecule is C[C@@H]1CCCCN1CCC(=O)c1ccccc1. The molecule has 1 aromatic rings. The van der Waals surface area contributed by atoms with Crippen LogP contribution in [0.15, 0.2) is 30.3 Å². The number of piperidine rings is 1. The minimum Gasteiger partial charge on any atom is -0.300 e. The number of ketones is 1. The zero-order chi connectivity index (χ0) is 12.1. The van der Waals surface area contributed by atoms with E-state index in [-0.39, 0.29) is 5.78 Å². The second-order valence-corrected chi connectivity index (χ2v) is 4.92. The molecule has 1 saturated heterocycles. The average Bonchev–Trinajstić information content (AvgIpc) is 2.38. The Kier molecular flexibility index (Phi) is 4.32. The molecule has 17 heavy (non-hydrogen) atoms. The first-order valence-electron chi connectivity index (χ1n) is 6.59. The average molecular weight is 231 g/mol. The van der Waals surface area contributed by atoms with Gasteiger partial charge in [0, 0.05) is 24.6 Å². The van der Waals surface area contributed by atoms with Gasteiger partial charge in [-0.1, -0.05) is 36.8 Å². The summed E-state index contributed by atoms with van der Waals surface area (Å²) >= 11 is 0. The summed E-state index contributed by atoms with van der Waals surface area (Å²) in [6, 6.07) is 10.3. The molecule has 92 valence electrons. The normalized spacial score (nSPS) is 21.4. The van der Waals surface area contributed by atoms with E-state index >= 15 is 0 Å². The monoisotopic (exact) mass is 231 g/mol. The fourth-order valence-electron chi connectivity index (χ4n) is 2.50. The Hall–Kier alpha value is -1.15. The van der Waals surface area contributed by atoms with Gasteiger partial charge in [-0.3, -0.25) is 4.79 Å². The van der Waals surface area contributed by atoms with Gasteiger partial charge in [-0.2, -0.15) is 0 Å². The smallest absolute Gasteiger partial charge is 0.164 e. The molecule has 2 nitrogen and oxygen atoms in total. The first-order chi connectivity index (χ1) is 8.27. The molecule has 0 N–H and O–H groups in total. The summed E-state index contributed by atoms with van der Waals surface area (Å²) < 4.78 is 0. The molecule has 1 aliphatic rings. The molecule has 0 saturated carbocycles. The summed E-state index contributed by atoms with van der Waals surface area (Å²) in [6.45, 7) is 4.34. The largest absolute Gasteiger partial charge is 0.300 e. The van der Waals surface area contributed by atoms with Gasteiger partial charge in [0.1, 0.15) is 0 Å². The maximum absolute atomic E-state index is 12.0. The number of carbonyl (C=O) groups excluding carboxylic acids is 1. The van der Waals surface area contributed by atoms with Crippen molar-refractivity contribution >= 4 is 5.78 Å². The second-order valence-electron chi connectivity index (χ2n) is 4.92. The number of hydrogen-bond donors (Lipinski definition) is 0. The molecule has 0 unspecified atom stereocenters. The lowest BCUT2D eigenvalue weighted by Gasteiger charge is -2.33. The van der Waals surface area contributed by atoms with Crippen molar-refractivity contribution in [3.8, 4) is 0 Å². The van der Waals surface area contributed by atoms with Gasteiger partial charge in [0.2, 0.25) is 0 Å². The standard InChI is InChI=1S/C15H21NO/c1-13-7-5-6-11-16(13)12-10-15(17)14-8-3-2-4-9-14/h2-4,8-9,13H,5-7,10-12H2,1H3/t13-/m1/s1. The van der Waals surface area contributed by atoms with Crippen molar-refractivity contribution in [1.82, 2.24) is 4.90 Å². The highest BCUT2D eigenvalue weighted by Gasteiger charge is 2.18. The highest BCUT2D eigenvalue weighted by molar-refractivity contribution is 5.96. The van der Waals surface area contributed by atoms with Crippen molar-refractivity contribution in [2.24, 2.45) is 0 Å². The number of benzene rings is 1. The molecule has 0 aliphatic carbocycles. The van der Waals surface area contributed by atoms with Crippen LogP contribution in [0.1, 0.15) is 43.0 Å². The van der Waals surface area contributed by atoms with Crippen molar-refractivity contribution in [2.75, 3.05) is 13.1 Å². The Bertz CT molecular complexity index is 360. The molecule has 1 fully saturated rings. The van der Waals surface area contributed by atoms with Crippen molar-refractivity contribution in [3.63, 3.8) is 0 Å². The third-order valence-corrected chi connectivity index (χ3v) is 3.66. The third kappa shape index (κ3) is 3.40. The van der Waals surface area contributed by atoms with Crippen LogP contribution < -0.4 is 0 Å². The summed E-state index contributed by atoms with van der Waals surface area (Å²) in [6.07, 6.45) is 4.54. The highest BCUT2D eigenvalue weighted by Crippen LogP contribution is 2.17. The van der Waals surface area contributed by atoms with E-state index in [0.29, 0.717) is 12.5 Å². The fourth-order valence-corrected chi connectivity index (χ4v) is 2.50. The molecule has 1 heterocycles. The summed E-state index contributed by atoms with van der Waals surface area (Å²) in [4.78, 5) is 14.4. The van der Waals surface area contributed by atoms with Crippen LogP contribution in [0.25, 0.3) is 0 Å². The molecule has 1 aromatic carbocycles. The van der Waals surface area contributed by atoms with Gasteiger partial charge in [-0.05, 0) is 26.3 Å². The van der Waals surface area contributed by atoms with Crippen molar-refractivity contribution in [2.45, 2.75) is 38.6 Å². The molecule has 0 spiro atoms. The molecule has 1 aliphatic heterocycles. The molecular formula is C15H21NO. The molecule has 2 heteroatoms. The second kappa shape index (κ2) is 5.97. The highest BCUT2D eigenvalue weighted by atomic mass is 16.1. The summed E-state index contributed by atoms with van der Waals surface area (Å²) in [5, 5.41) is 0. The third-order valence-electron chi connectivity index (χ3n) is 3.66. The van der Waals surface area contributed by atoms with E-state index in [2.05, 4.69) is 11.8 Å². The van der Waals surface area contributed by atoms with E-state index in [1.165, 1.54) is 19.3 Å². The van der Waals surface area contributed by atoms with Gasteiger partial charge in [0.15, 0.2) is 5.78 Å². The van der Waals surface area contributed by atoms with Crippen LogP contribution in [0, 0.1) is 0 Å². The van der Waals surface area contributed by atoms with E-state index in [9.17, 15) is 4.79 Å². The number of nitrogens with zero attached hydrogens (tertiary/aromatic N) is 1. The molecule has 1 atom stereocenters. The maximum Gasteiger partial charge on any atom is 0.164 e. The van der Waals surface area contributed by atoms with Gasteiger partial charge in [-0.15, -0.1) is 0 Å². The summed E-state index contributed by atoms with van der Waals surface area (Å²) in [5.74, 6) is 0.267. The predicted molar refractivity (Wildman–Crippen MR) is 70.3 cm³/mol. The number of carbonyl (C=O) groups is 1. The van der Waals surface area contributed by atoms with Crippen LogP contribution in [-0.4, -0.2) is 29.8 Å². The van der Waals surface area contributed by atoms with Gasteiger partial charge < -0.3 is 4.90 Å². The van der Waals surface area contributed by atoms with Crippen molar-refractivity contribution < 1.29 is 4.79 Å². The lowest BCUT2D eigenvalue weighted by molar-refractivity contribution is 0.0935. The van der Waals surface area contributed by atoms with E-state index in [1.54, 1.807) is 0 Å². The van der Waals surface area contributed by atoms with E-state index in [0.717, 1.165) is 18.7 Å². The van der Waals surface area contributed by atoms with E-state index in [4.69, 9.17) is 0 Å². The quantitative estimate of drug-likeness (QED) is 0.742. The minimum atomic E-state index is 0.267. The number of rotatable bonds is 4. The van der Waals surface area contributed by atoms with E-state index in [1.807, 2.05) is 30.3 Å². The molecule has 0 bridgehead atoms. The first kappa shape index (κ1) is 12.3. The predicted octanol–water partition coefficient (Wildman–Crippen LogP) is 3.13. The van der Waals surface area contributed by atoms with Gasteiger partial charge in [0.25, 0.3) is 0 Å². The van der Waals surface area contributed by atoms with E-state index < -0.39 is 0 Å². The molecule has 2 rings (SSSR count). The Morgan fingerprint density at radius 3 is 2.76 bits per heavy atom. The first-order valence-corrected chi connectivity index (χ1v) is 6.59. The van der Waals surface area contributed by atoms with Crippen LogP contribution in [0.2, 0.25) is 0 Å². The van der Waals surface area contributed by atoms with Crippen molar-refractivity contribution in [1.29, 1.82) is 0 Å². The number of Topliss-reactive ketones (excluding diaryl/α,β-unsaturated/α-hetero) is 1. The van der Waals surface area contributed by atoms with Crippen molar-refractivity contribution in [3.05, 3.63) is 35.9 Å². The molecule has 0 radical (unpaired) electrons. The lowest BCUT2D eigenvalue weighted by atomic mass is 10.0. The summed E-state index contributed by atoms with van der Waals surface area (Å²) in [5.41, 5.74) is 0.845. The van der Waals surface area contributed by atoms with Crippen LogP contribution in [0.3, 0.4) is 0 Å². The van der Waals surface area contributed by atoms with Crippen LogP contribution in [0.5, 0.6) is 0 Å². The van der Waals surface area contributed by atoms with Crippen LogP contribution in [0.4, 0.5) is 0 Å². The Balaban J connectivity index is 1.84. The minimum absolute atomic E-state index is 0.267. The zero-order valence-corrected chi connectivity index (χ0v) is 10.6. The Labute approximate surface area is 104 Å². The lowest BCUT2D eigenvalue weighted by Crippen LogP contribution is -2.38. The fraction of sp³-hybridized carbons (Fsp3) is 0.533. The Morgan fingerprint density at radius 1 is 1.29 bits per heavy atom.